The Bertz CT molecular complexity index is 785. The highest BCUT2D eigenvalue weighted by Crippen LogP contribution is 2.25. The van der Waals surface area contributed by atoms with E-state index < -0.39 is 17.6 Å². The molecule has 3 rings (SSSR count). The summed E-state index contributed by atoms with van der Waals surface area (Å²) >= 11 is 0. The third kappa shape index (κ3) is 4.17. The largest absolute Gasteiger partial charge is 0.493 e. The zero-order valence-corrected chi connectivity index (χ0v) is 14.2. The molecule has 6 nitrogen and oxygen atoms in total. The molecule has 0 saturated carbocycles. The SMILES string of the molecule is NC(=O)C1CN(C(=O)Cc2ccccc2F)CC1COc1ccncc1. The maximum Gasteiger partial charge on any atom is 0.227 e. The van der Waals surface area contributed by atoms with Crippen LogP contribution in [0.5, 0.6) is 5.75 Å². The number of ether oxygens (including phenoxy) is 1. The van der Waals surface area contributed by atoms with Gasteiger partial charge in [0.25, 0.3) is 0 Å². The Balaban J connectivity index is 1.63. The molecule has 1 aromatic heterocycles. The van der Waals surface area contributed by atoms with Crippen molar-refractivity contribution in [1.29, 1.82) is 0 Å². The number of carbonyl (C=O) groups excluding carboxylic acids is 2. The Morgan fingerprint density at radius 2 is 1.92 bits per heavy atom. The summed E-state index contributed by atoms with van der Waals surface area (Å²) in [5.74, 6) is -1.16. The van der Waals surface area contributed by atoms with Gasteiger partial charge in [-0.25, -0.2) is 4.39 Å². The Kier molecular flexibility index (Phi) is 5.46. The van der Waals surface area contributed by atoms with Gasteiger partial charge in [0.05, 0.1) is 18.9 Å². The first kappa shape index (κ1) is 17.8. The molecule has 2 heterocycles. The van der Waals surface area contributed by atoms with Crippen LogP contribution in [0.3, 0.4) is 0 Å². The highest BCUT2D eigenvalue weighted by atomic mass is 19.1. The topological polar surface area (TPSA) is 85.5 Å². The molecule has 2 amide bonds. The molecule has 1 fully saturated rings. The van der Waals surface area contributed by atoms with Crippen molar-refractivity contribution in [1.82, 2.24) is 9.88 Å². The number of benzene rings is 1. The van der Waals surface area contributed by atoms with Gasteiger partial charge in [0.15, 0.2) is 0 Å². The number of halogens is 1. The van der Waals surface area contributed by atoms with Crippen molar-refractivity contribution in [2.45, 2.75) is 6.42 Å². The van der Waals surface area contributed by atoms with E-state index in [-0.39, 0.29) is 31.4 Å². The van der Waals surface area contributed by atoms with Crippen LogP contribution in [0.25, 0.3) is 0 Å². The van der Waals surface area contributed by atoms with Gasteiger partial charge in [-0.05, 0) is 23.8 Å². The number of nitrogens with zero attached hydrogens (tertiary/aromatic N) is 2. The molecule has 1 aliphatic rings. The molecule has 1 aromatic carbocycles. The van der Waals surface area contributed by atoms with Crippen LogP contribution in [0.2, 0.25) is 0 Å². The number of nitrogens with two attached hydrogens (primary N) is 1. The molecule has 136 valence electrons. The van der Waals surface area contributed by atoms with E-state index in [0.717, 1.165) is 0 Å². The minimum Gasteiger partial charge on any atom is -0.493 e. The monoisotopic (exact) mass is 357 g/mol. The normalized spacial score (nSPS) is 19.3. The minimum absolute atomic E-state index is 0.0455. The molecular weight excluding hydrogens is 337 g/mol. The number of hydrogen-bond acceptors (Lipinski definition) is 4. The zero-order valence-electron chi connectivity index (χ0n) is 14.2. The molecule has 0 bridgehead atoms. The lowest BCUT2D eigenvalue weighted by atomic mass is 9.96. The van der Waals surface area contributed by atoms with Gasteiger partial charge in [0, 0.05) is 31.4 Å². The number of rotatable bonds is 6. The Hall–Kier alpha value is -2.96. The molecule has 0 aliphatic carbocycles. The second kappa shape index (κ2) is 7.95. The molecule has 1 aliphatic heterocycles. The maximum atomic E-state index is 13.8. The fourth-order valence-corrected chi connectivity index (χ4v) is 3.12. The van der Waals surface area contributed by atoms with Crippen molar-refractivity contribution < 1.29 is 18.7 Å². The van der Waals surface area contributed by atoms with Crippen LogP contribution in [0.4, 0.5) is 4.39 Å². The first-order chi connectivity index (χ1) is 12.5. The number of pyridine rings is 1. The summed E-state index contributed by atoms with van der Waals surface area (Å²) in [4.78, 5) is 29.7. The van der Waals surface area contributed by atoms with Gasteiger partial charge in [0.2, 0.25) is 11.8 Å². The molecule has 2 atom stereocenters. The molecule has 2 N–H and O–H groups in total. The van der Waals surface area contributed by atoms with Crippen LogP contribution in [0.1, 0.15) is 5.56 Å². The molecule has 0 radical (unpaired) electrons. The Morgan fingerprint density at radius 3 is 2.62 bits per heavy atom. The summed E-state index contributed by atoms with van der Waals surface area (Å²) in [6, 6.07) is 9.61. The van der Waals surface area contributed by atoms with Crippen molar-refractivity contribution >= 4 is 11.8 Å². The lowest BCUT2D eigenvalue weighted by molar-refractivity contribution is -0.129. The van der Waals surface area contributed by atoms with Crippen LogP contribution in [0, 0.1) is 17.7 Å². The summed E-state index contributed by atoms with van der Waals surface area (Å²) in [6.45, 7) is 0.847. The summed E-state index contributed by atoms with van der Waals surface area (Å²) in [5.41, 5.74) is 5.83. The number of hydrogen-bond donors (Lipinski definition) is 1. The van der Waals surface area contributed by atoms with E-state index in [1.54, 1.807) is 47.6 Å². The molecular formula is C19H20FN3O3. The number of likely N-dealkylation sites (tertiary alicyclic amines) is 1. The van der Waals surface area contributed by atoms with Crippen LogP contribution >= 0.6 is 0 Å². The molecule has 2 aromatic rings. The van der Waals surface area contributed by atoms with Crippen LogP contribution in [-0.2, 0) is 16.0 Å². The quantitative estimate of drug-likeness (QED) is 0.847. The average Bonchev–Trinajstić information content (AvgIpc) is 3.07. The van der Waals surface area contributed by atoms with E-state index >= 15 is 0 Å². The van der Waals surface area contributed by atoms with Crippen LogP contribution < -0.4 is 10.5 Å². The summed E-state index contributed by atoms with van der Waals surface area (Å²) in [6.07, 6.45) is 3.18. The number of aromatic nitrogens is 1. The Morgan fingerprint density at radius 1 is 1.19 bits per heavy atom. The van der Waals surface area contributed by atoms with E-state index in [1.165, 1.54) is 6.07 Å². The smallest absolute Gasteiger partial charge is 0.227 e. The van der Waals surface area contributed by atoms with E-state index in [4.69, 9.17) is 10.5 Å². The summed E-state index contributed by atoms with van der Waals surface area (Å²) in [5, 5.41) is 0. The van der Waals surface area contributed by atoms with E-state index in [1.807, 2.05) is 0 Å². The predicted octanol–water partition coefficient (Wildman–Crippen LogP) is 1.40. The third-order valence-corrected chi connectivity index (χ3v) is 4.57. The van der Waals surface area contributed by atoms with Gasteiger partial charge in [-0.3, -0.25) is 14.6 Å². The van der Waals surface area contributed by atoms with Gasteiger partial charge in [-0.2, -0.15) is 0 Å². The van der Waals surface area contributed by atoms with Gasteiger partial charge in [0.1, 0.15) is 11.6 Å². The van der Waals surface area contributed by atoms with Crippen LogP contribution in [-0.4, -0.2) is 41.4 Å². The van der Waals surface area contributed by atoms with Gasteiger partial charge < -0.3 is 15.4 Å². The van der Waals surface area contributed by atoms with E-state index in [0.29, 0.717) is 17.9 Å². The minimum atomic E-state index is -0.485. The van der Waals surface area contributed by atoms with Gasteiger partial charge in [-0.15, -0.1) is 0 Å². The van der Waals surface area contributed by atoms with Crippen molar-refractivity contribution in [2.24, 2.45) is 17.6 Å². The second-order valence-corrected chi connectivity index (χ2v) is 6.33. The first-order valence-electron chi connectivity index (χ1n) is 8.38. The van der Waals surface area contributed by atoms with Crippen molar-refractivity contribution in [2.75, 3.05) is 19.7 Å². The van der Waals surface area contributed by atoms with Crippen molar-refractivity contribution in [3.05, 3.63) is 60.2 Å². The molecule has 1 saturated heterocycles. The lowest BCUT2D eigenvalue weighted by Crippen LogP contribution is -2.33. The summed E-state index contributed by atoms with van der Waals surface area (Å²) in [7, 11) is 0. The standard InChI is InChI=1S/C19H20FN3O3/c20-17-4-2-1-3-13(17)9-18(24)23-10-14(16(11-23)19(21)25)12-26-15-5-7-22-8-6-15/h1-8,14,16H,9-12H2,(H2,21,25). The fraction of sp³-hybridized carbons (Fsp3) is 0.316. The highest BCUT2D eigenvalue weighted by molar-refractivity contribution is 5.82. The number of carbonyl (C=O) groups is 2. The summed E-state index contributed by atoms with van der Waals surface area (Å²) < 4.78 is 19.4. The molecule has 0 spiro atoms. The van der Waals surface area contributed by atoms with Gasteiger partial charge in [-0.1, -0.05) is 18.2 Å². The second-order valence-electron chi connectivity index (χ2n) is 6.33. The molecule has 26 heavy (non-hydrogen) atoms. The average molecular weight is 357 g/mol. The van der Waals surface area contributed by atoms with Crippen molar-refractivity contribution in [3.63, 3.8) is 0 Å². The van der Waals surface area contributed by atoms with E-state index in [9.17, 15) is 14.0 Å². The Labute approximate surface area is 150 Å². The predicted molar refractivity (Wildman–Crippen MR) is 92.6 cm³/mol. The van der Waals surface area contributed by atoms with Gasteiger partial charge >= 0.3 is 0 Å². The van der Waals surface area contributed by atoms with E-state index in [2.05, 4.69) is 4.98 Å². The number of primary amides is 1. The highest BCUT2D eigenvalue weighted by Gasteiger charge is 2.39. The first-order valence-corrected chi connectivity index (χ1v) is 8.38. The lowest BCUT2D eigenvalue weighted by Gasteiger charge is -2.17. The fourth-order valence-electron chi connectivity index (χ4n) is 3.12. The molecule has 7 heteroatoms. The maximum absolute atomic E-state index is 13.8. The third-order valence-electron chi connectivity index (χ3n) is 4.57. The molecule has 2 unspecified atom stereocenters. The zero-order chi connectivity index (χ0) is 18.5. The van der Waals surface area contributed by atoms with Crippen LogP contribution in [0.15, 0.2) is 48.8 Å². The van der Waals surface area contributed by atoms with Crippen molar-refractivity contribution in [3.8, 4) is 5.75 Å². The number of amides is 2.